The summed E-state index contributed by atoms with van der Waals surface area (Å²) in [5.41, 5.74) is -0.674. The maximum atomic E-state index is 10.9. The molecule has 1 aliphatic heterocycles. The van der Waals surface area contributed by atoms with Crippen LogP contribution in [0, 0.1) is 0 Å². The molecule has 1 saturated heterocycles. The smallest absolute Gasteiger partial charge is 0.303 e. The quantitative estimate of drug-likeness (QED) is 0.757. The summed E-state index contributed by atoms with van der Waals surface area (Å²) in [4.78, 5) is 23.1. The lowest BCUT2D eigenvalue weighted by molar-refractivity contribution is -0.275. The molecule has 1 fully saturated rings. The zero-order valence-corrected chi connectivity index (χ0v) is 11.9. The lowest BCUT2D eigenvalue weighted by atomic mass is 9.80. The average Bonchev–Trinajstić information content (AvgIpc) is 1.94. The normalized spacial score (nSPS) is 26.1. The van der Waals surface area contributed by atoms with Gasteiger partial charge < -0.3 is 14.6 Å². The third kappa shape index (κ3) is 3.74. The van der Waals surface area contributed by atoms with Crippen molar-refractivity contribution in [2.75, 3.05) is 7.11 Å². The van der Waals surface area contributed by atoms with Crippen molar-refractivity contribution >= 4 is 7.82 Å². The van der Waals surface area contributed by atoms with Gasteiger partial charge in [-0.15, -0.1) is 0 Å². The summed E-state index contributed by atoms with van der Waals surface area (Å²) in [5, 5.41) is 1.86. The Morgan fingerprint density at radius 3 is 1.88 bits per heavy atom. The SMILES string of the molecule is CON1C(C)(C)CC(OP(=O)(O)O)CC1(C)C. The Balaban J connectivity index is 2.88. The van der Waals surface area contributed by atoms with E-state index in [-0.39, 0.29) is 11.1 Å². The van der Waals surface area contributed by atoms with Crippen molar-refractivity contribution in [3.8, 4) is 0 Å². The molecule has 1 rings (SSSR count). The van der Waals surface area contributed by atoms with Gasteiger partial charge in [0.25, 0.3) is 0 Å². The highest BCUT2D eigenvalue weighted by Crippen LogP contribution is 2.46. The molecule has 7 heteroatoms. The van der Waals surface area contributed by atoms with Gasteiger partial charge in [0.1, 0.15) is 0 Å². The van der Waals surface area contributed by atoms with E-state index in [0.717, 1.165) is 0 Å². The molecule has 0 spiro atoms. The molecule has 0 bridgehead atoms. The van der Waals surface area contributed by atoms with Crippen LogP contribution in [0.4, 0.5) is 0 Å². The molecule has 102 valence electrons. The van der Waals surface area contributed by atoms with E-state index in [2.05, 4.69) is 0 Å². The molecule has 0 aromatic heterocycles. The van der Waals surface area contributed by atoms with Gasteiger partial charge in [-0.05, 0) is 40.5 Å². The summed E-state index contributed by atoms with van der Waals surface area (Å²) in [6, 6.07) is 0. The van der Waals surface area contributed by atoms with Crippen LogP contribution >= 0.6 is 7.82 Å². The van der Waals surface area contributed by atoms with Gasteiger partial charge in [0.05, 0.1) is 13.2 Å². The van der Waals surface area contributed by atoms with Crippen LogP contribution in [0.3, 0.4) is 0 Å². The molecule has 0 aromatic rings. The van der Waals surface area contributed by atoms with Gasteiger partial charge in [0, 0.05) is 11.1 Å². The second-order valence-corrected chi connectivity index (χ2v) is 6.92. The largest absolute Gasteiger partial charge is 0.469 e. The van der Waals surface area contributed by atoms with Crippen LogP contribution in [0.1, 0.15) is 40.5 Å². The predicted octanol–water partition coefficient (Wildman–Crippen LogP) is 1.68. The molecule has 0 unspecified atom stereocenters. The molecule has 17 heavy (non-hydrogen) atoms. The molecule has 0 amide bonds. The fourth-order valence-corrected chi connectivity index (χ4v) is 3.47. The van der Waals surface area contributed by atoms with Gasteiger partial charge in [-0.3, -0.25) is 4.52 Å². The lowest BCUT2D eigenvalue weighted by Crippen LogP contribution is -2.61. The van der Waals surface area contributed by atoms with Crippen molar-refractivity contribution in [3.05, 3.63) is 0 Å². The highest BCUT2D eigenvalue weighted by Gasteiger charge is 2.47. The number of hydroxylamine groups is 2. The maximum Gasteiger partial charge on any atom is 0.469 e. The number of phosphoric acid groups is 1. The van der Waals surface area contributed by atoms with Crippen LogP contribution in [0.5, 0.6) is 0 Å². The molecule has 0 aromatic carbocycles. The van der Waals surface area contributed by atoms with Crippen molar-refractivity contribution in [2.24, 2.45) is 0 Å². The number of hydrogen-bond donors (Lipinski definition) is 2. The molecule has 0 aliphatic carbocycles. The molecule has 0 radical (unpaired) electrons. The van der Waals surface area contributed by atoms with Crippen LogP contribution in [-0.2, 0) is 13.9 Å². The van der Waals surface area contributed by atoms with E-state index in [1.165, 1.54) is 0 Å². The van der Waals surface area contributed by atoms with E-state index < -0.39 is 13.9 Å². The van der Waals surface area contributed by atoms with Gasteiger partial charge in [-0.25, -0.2) is 4.57 Å². The minimum Gasteiger partial charge on any atom is -0.303 e. The molecular weight excluding hydrogens is 245 g/mol. The number of nitrogens with zero attached hydrogens (tertiary/aromatic N) is 1. The maximum absolute atomic E-state index is 10.9. The summed E-state index contributed by atoms with van der Waals surface area (Å²) in [7, 11) is -2.83. The fraction of sp³-hybridized carbons (Fsp3) is 1.00. The van der Waals surface area contributed by atoms with Crippen molar-refractivity contribution in [1.82, 2.24) is 5.06 Å². The first-order valence-corrected chi connectivity index (χ1v) is 7.09. The third-order valence-corrected chi connectivity index (χ3v) is 3.60. The highest BCUT2D eigenvalue weighted by atomic mass is 31.2. The Bertz CT molecular complexity index is 307. The highest BCUT2D eigenvalue weighted by molar-refractivity contribution is 7.46. The predicted molar refractivity (Wildman–Crippen MR) is 63.2 cm³/mol. The molecule has 1 aliphatic rings. The monoisotopic (exact) mass is 267 g/mol. The first kappa shape index (κ1) is 15.1. The topological polar surface area (TPSA) is 79.2 Å². The zero-order chi connectivity index (χ0) is 13.5. The summed E-state index contributed by atoms with van der Waals surface area (Å²) in [6.07, 6.45) is 0.553. The average molecular weight is 267 g/mol. The van der Waals surface area contributed by atoms with Crippen molar-refractivity contribution in [2.45, 2.75) is 57.7 Å². The van der Waals surface area contributed by atoms with E-state index in [1.54, 1.807) is 7.11 Å². The van der Waals surface area contributed by atoms with Crippen molar-refractivity contribution < 1.29 is 23.7 Å². The number of rotatable bonds is 3. The van der Waals surface area contributed by atoms with Gasteiger partial charge >= 0.3 is 7.82 Å². The summed E-state index contributed by atoms with van der Waals surface area (Å²) in [6.45, 7) is 7.86. The van der Waals surface area contributed by atoms with Gasteiger partial charge in [0.15, 0.2) is 0 Å². The minimum absolute atomic E-state index is 0.337. The van der Waals surface area contributed by atoms with E-state index in [9.17, 15) is 4.57 Å². The Hall–Kier alpha value is 0.0300. The third-order valence-electron chi connectivity index (χ3n) is 3.02. The zero-order valence-electron chi connectivity index (χ0n) is 11.0. The summed E-state index contributed by atoms with van der Waals surface area (Å²) < 4.78 is 15.7. The number of phosphoric ester groups is 1. The van der Waals surface area contributed by atoms with Gasteiger partial charge in [-0.2, -0.15) is 5.06 Å². The first-order chi connectivity index (χ1) is 7.48. The Kier molecular flexibility index (Phi) is 4.09. The van der Waals surface area contributed by atoms with Crippen LogP contribution in [0.15, 0.2) is 0 Å². The fourth-order valence-electron chi connectivity index (χ4n) is 2.93. The van der Waals surface area contributed by atoms with E-state index in [4.69, 9.17) is 19.1 Å². The second kappa shape index (κ2) is 4.61. The minimum atomic E-state index is -4.43. The number of hydrogen-bond acceptors (Lipinski definition) is 4. The van der Waals surface area contributed by atoms with E-state index >= 15 is 0 Å². The second-order valence-electron chi connectivity index (χ2n) is 5.73. The molecule has 1 heterocycles. The molecule has 2 N–H and O–H groups in total. The van der Waals surface area contributed by atoms with Crippen LogP contribution in [0.25, 0.3) is 0 Å². The van der Waals surface area contributed by atoms with E-state index in [1.807, 2.05) is 32.8 Å². The summed E-state index contributed by atoms with van der Waals surface area (Å²) >= 11 is 0. The molecule has 0 saturated carbocycles. The summed E-state index contributed by atoms with van der Waals surface area (Å²) in [5.74, 6) is 0. The molecule has 6 nitrogen and oxygen atoms in total. The first-order valence-electron chi connectivity index (χ1n) is 5.56. The standard InChI is InChI=1S/C10H22NO5P/c1-9(2)6-8(16-17(12,13)14)7-10(3,4)11(9)15-5/h8H,6-7H2,1-5H3,(H2,12,13,14). The molecular formula is C10H22NO5P. The van der Waals surface area contributed by atoms with Crippen LogP contribution in [-0.4, -0.2) is 39.1 Å². The van der Waals surface area contributed by atoms with E-state index in [0.29, 0.717) is 12.8 Å². The van der Waals surface area contributed by atoms with Gasteiger partial charge in [0.2, 0.25) is 0 Å². The van der Waals surface area contributed by atoms with Crippen LogP contribution < -0.4 is 0 Å². The Labute approximate surface area is 102 Å². The van der Waals surface area contributed by atoms with Gasteiger partial charge in [-0.1, -0.05) is 0 Å². The number of piperidine rings is 1. The van der Waals surface area contributed by atoms with Crippen molar-refractivity contribution in [3.63, 3.8) is 0 Å². The Morgan fingerprint density at radius 2 is 1.59 bits per heavy atom. The van der Waals surface area contributed by atoms with Crippen molar-refractivity contribution in [1.29, 1.82) is 0 Å². The Morgan fingerprint density at radius 1 is 1.18 bits per heavy atom. The lowest BCUT2D eigenvalue weighted by Gasteiger charge is -2.52. The van der Waals surface area contributed by atoms with Crippen LogP contribution in [0.2, 0.25) is 0 Å². The molecule has 0 atom stereocenters.